The van der Waals surface area contributed by atoms with Gasteiger partial charge in [0, 0.05) is 31.3 Å². The molecule has 5 heteroatoms. The maximum atomic E-state index is 12.8. The smallest absolute Gasteiger partial charge is 0.250 e. The normalized spacial score (nSPS) is 16.9. The first-order valence-electron chi connectivity index (χ1n) is 8.70. The summed E-state index contributed by atoms with van der Waals surface area (Å²) in [5, 5.41) is 0. The summed E-state index contributed by atoms with van der Waals surface area (Å²) in [5.74, 6) is 0.906. The first kappa shape index (κ1) is 17.3. The van der Waals surface area contributed by atoms with Crippen LogP contribution < -0.4 is 10.3 Å². The number of carbonyl (C=O) groups is 1. The fraction of sp³-hybridized carbons (Fsp3) is 0.400. The first-order valence-corrected chi connectivity index (χ1v) is 8.70. The van der Waals surface area contributed by atoms with E-state index in [9.17, 15) is 9.59 Å². The number of carbonyl (C=O) groups excluding carboxylic acids is 1. The number of nitrogens with zero attached hydrogens (tertiary/aromatic N) is 2. The molecular weight excluding hydrogens is 316 g/mol. The SMILES string of the molecule is COc1cccc(C2CCCN2C(=O)CCn2c(C)cccc2=O)c1. The molecule has 1 aromatic carbocycles. The van der Waals surface area contributed by atoms with Gasteiger partial charge < -0.3 is 14.2 Å². The molecule has 0 spiro atoms. The predicted octanol–water partition coefficient (Wildman–Crippen LogP) is 2.92. The highest BCUT2D eigenvalue weighted by molar-refractivity contribution is 5.77. The maximum absolute atomic E-state index is 12.8. The largest absolute Gasteiger partial charge is 0.497 e. The van der Waals surface area contributed by atoms with Crippen LogP contribution in [0.25, 0.3) is 0 Å². The zero-order valence-corrected chi connectivity index (χ0v) is 14.8. The topological polar surface area (TPSA) is 51.5 Å². The number of methoxy groups -OCH3 is 1. The fourth-order valence-electron chi connectivity index (χ4n) is 3.52. The molecule has 2 aromatic rings. The fourth-order valence-corrected chi connectivity index (χ4v) is 3.52. The van der Waals surface area contributed by atoms with Crippen LogP contribution >= 0.6 is 0 Å². The van der Waals surface area contributed by atoms with Crippen LogP contribution in [0.15, 0.2) is 47.3 Å². The van der Waals surface area contributed by atoms with Gasteiger partial charge in [-0.1, -0.05) is 18.2 Å². The molecule has 0 saturated carbocycles. The predicted molar refractivity (Wildman–Crippen MR) is 96.7 cm³/mol. The summed E-state index contributed by atoms with van der Waals surface area (Å²) < 4.78 is 6.96. The second kappa shape index (κ2) is 7.55. The van der Waals surface area contributed by atoms with Gasteiger partial charge in [0.2, 0.25) is 5.91 Å². The Hall–Kier alpha value is -2.56. The summed E-state index contributed by atoms with van der Waals surface area (Å²) >= 11 is 0. The van der Waals surface area contributed by atoms with Crippen LogP contribution in [-0.4, -0.2) is 29.0 Å². The van der Waals surface area contributed by atoms with E-state index in [2.05, 4.69) is 0 Å². The van der Waals surface area contributed by atoms with Crippen molar-refractivity contribution in [3.63, 3.8) is 0 Å². The number of aryl methyl sites for hydroxylation is 1. The lowest BCUT2D eigenvalue weighted by Gasteiger charge is -2.25. The number of rotatable bonds is 5. The van der Waals surface area contributed by atoms with Crippen LogP contribution in [0.2, 0.25) is 0 Å². The van der Waals surface area contributed by atoms with Crippen molar-refractivity contribution in [3.05, 3.63) is 64.1 Å². The quantitative estimate of drug-likeness (QED) is 0.841. The van der Waals surface area contributed by atoms with Crippen LogP contribution in [0.1, 0.15) is 36.6 Å². The average molecular weight is 340 g/mol. The number of hydrogen-bond donors (Lipinski definition) is 0. The number of hydrogen-bond acceptors (Lipinski definition) is 3. The third-order valence-corrected chi connectivity index (χ3v) is 4.87. The molecule has 3 rings (SSSR count). The van der Waals surface area contributed by atoms with Gasteiger partial charge in [-0.05, 0) is 43.5 Å². The standard InChI is InChI=1S/C20H24N2O3/c1-15-6-3-10-19(23)21(15)13-11-20(24)22-12-5-9-18(22)16-7-4-8-17(14-16)25-2/h3-4,6-8,10,14,18H,5,9,11-13H2,1-2H3. The van der Waals surface area contributed by atoms with Crippen molar-refractivity contribution >= 4 is 5.91 Å². The lowest BCUT2D eigenvalue weighted by molar-refractivity contribution is -0.132. The van der Waals surface area contributed by atoms with E-state index in [4.69, 9.17) is 4.74 Å². The third-order valence-electron chi connectivity index (χ3n) is 4.87. The molecule has 1 saturated heterocycles. The Morgan fingerprint density at radius 1 is 1.24 bits per heavy atom. The van der Waals surface area contributed by atoms with Crippen LogP contribution in [0, 0.1) is 6.92 Å². The van der Waals surface area contributed by atoms with Crippen molar-refractivity contribution in [1.29, 1.82) is 0 Å². The Labute approximate surface area is 147 Å². The van der Waals surface area contributed by atoms with Crippen LogP contribution in [0.4, 0.5) is 0 Å². The van der Waals surface area contributed by atoms with E-state index in [0.717, 1.165) is 36.4 Å². The number of amides is 1. The molecule has 132 valence electrons. The van der Waals surface area contributed by atoms with Gasteiger partial charge in [-0.15, -0.1) is 0 Å². The molecule has 25 heavy (non-hydrogen) atoms. The molecule has 0 bridgehead atoms. The maximum Gasteiger partial charge on any atom is 0.250 e. The average Bonchev–Trinajstić information content (AvgIpc) is 3.11. The molecule has 1 atom stereocenters. The highest BCUT2D eigenvalue weighted by Gasteiger charge is 2.29. The number of benzene rings is 1. The molecule has 2 heterocycles. The van der Waals surface area contributed by atoms with E-state index in [-0.39, 0.29) is 17.5 Å². The van der Waals surface area contributed by atoms with Gasteiger partial charge in [0.05, 0.1) is 13.2 Å². The molecule has 1 aromatic heterocycles. The second-order valence-corrected chi connectivity index (χ2v) is 6.43. The summed E-state index contributed by atoms with van der Waals surface area (Å²) in [7, 11) is 1.65. The molecule has 1 amide bonds. The molecule has 0 N–H and O–H groups in total. The van der Waals surface area contributed by atoms with Crippen LogP contribution in [0.5, 0.6) is 5.75 Å². The molecule has 0 aliphatic carbocycles. The summed E-state index contributed by atoms with van der Waals surface area (Å²) in [4.78, 5) is 26.7. The third kappa shape index (κ3) is 3.76. The highest BCUT2D eigenvalue weighted by Crippen LogP contribution is 2.33. The molecule has 0 radical (unpaired) electrons. The Bertz CT molecular complexity index is 813. The Morgan fingerprint density at radius 2 is 2.04 bits per heavy atom. The summed E-state index contributed by atoms with van der Waals surface area (Å²) in [5.41, 5.74) is 1.93. The molecule has 1 unspecified atom stereocenters. The Balaban J connectivity index is 1.71. The van der Waals surface area contributed by atoms with Crippen LogP contribution in [-0.2, 0) is 11.3 Å². The van der Waals surface area contributed by atoms with E-state index in [1.165, 1.54) is 6.07 Å². The van der Waals surface area contributed by atoms with Gasteiger partial charge in [-0.2, -0.15) is 0 Å². The van der Waals surface area contributed by atoms with Gasteiger partial charge in [0.15, 0.2) is 0 Å². The van der Waals surface area contributed by atoms with Gasteiger partial charge in [0.25, 0.3) is 5.56 Å². The number of aromatic nitrogens is 1. The summed E-state index contributed by atoms with van der Waals surface area (Å²) in [6.07, 6.45) is 2.30. The van der Waals surface area contributed by atoms with Crippen molar-refractivity contribution in [2.24, 2.45) is 0 Å². The van der Waals surface area contributed by atoms with Crippen molar-refractivity contribution in [2.45, 2.75) is 38.8 Å². The molecule has 1 aliphatic rings. The first-order chi connectivity index (χ1) is 12.1. The summed E-state index contributed by atoms with van der Waals surface area (Å²) in [6.45, 7) is 3.08. The number of pyridine rings is 1. The molecular formula is C20H24N2O3. The van der Waals surface area contributed by atoms with Gasteiger partial charge >= 0.3 is 0 Å². The van der Waals surface area contributed by atoms with E-state index in [0.29, 0.717) is 13.0 Å². The Kier molecular flexibility index (Phi) is 5.22. The zero-order valence-electron chi connectivity index (χ0n) is 14.8. The van der Waals surface area contributed by atoms with E-state index >= 15 is 0 Å². The molecule has 5 nitrogen and oxygen atoms in total. The van der Waals surface area contributed by atoms with Crippen molar-refractivity contribution in [2.75, 3.05) is 13.7 Å². The number of ether oxygens (including phenoxy) is 1. The van der Waals surface area contributed by atoms with E-state index < -0.39 is 0 Å². The lowest BCUT2D eigenvalue weighted by atomic mass is 10.0. The van der Waals surface area contributed by atoms with Crippen molar-refractivity contribution < 1.29 is 9.53 Å². The lowest BCUT2D eigenvalue weighted by Crippen LogP contribution is -2.32. The van der Waals surface area contributed by atoms with Gasteiger partial charge in [-0.25, -0.2) is 0 Å². The van der Waals surface area contributed by atoms with Gasteiger partial charge in [-0.3, -0.25) is 9.59 Å². The highest BCUT2D eigenvalue weighted by atomic mass is 16.5. The van der Waals surface area contributed by atoms with Crippen molar-refractivity contribution in [3.8, 4) is 5.75 Å². The van der Waals surface area contributed by atoms with Crippen LogP contribution in [0.3, 0.4) is 0 Å². The van der Waals surface area contributed by atoms with E-state index in [1.807, 2.05) is 42.2 Å². The monoisotopic (exact) mass is 340 g/mol. The minimum atomic E-state index is -0.0569. The Morgan fingerprint density at radius 3 is 2.80 bits per heavy atom. The molecule has 1 aliphatic heterocycles. The minimum Gasteiger partial charge on any atom is -0.497 e. The zero-order chi connectivity index (χ0) is 17.8. The summed E-state index contributed by atoms with van der Waals surface area (Å²) in [6, 6.07) is 13.2. The van der Waals surface area contributed by atoms with E-state index in [1.54, 1.807) is 17.7 Å². The minimum absolute atomic E-state index is 0.0569. The molecule has 1 fully saturated rings. The number of likely N-dealkylation sites (tertiary alicyclic amines) is 1. The van der Waals surface area contributed by atoms with Gasteiger partial charge in [0.1, 0.15) is 5.75 Å². The second-order valence-electron chi connectivity index (χ2n) is 6.43. The van der Waals surface area contributed by atoms with Crippen molar-refractivity contribution in [1.82, 2.24) is 9.47 Å².